The maximum absolute atomic E-state index is 11.3. The molecule has 58 valence electrons. The molecule has 0 aliphatic carbocycles. The molecule has 0 unspecified atom stereocenters. The molecule has 5 heteroatoms. The summed E-state index contributed by atoms with van der Waals surface area (Å²) in [5.41, 5.74) is 0.156. The molecule has 0 N–H and O–H groups in total. The van der Waals surface area contributed by atoms with E-state index in [1.54, 1.807) is 6.20 Å². The van der Waals surface area contributed by atoms with Gasteiger partial charge in [-0.3, -0.25) is 9.20 Å². The zero-order valence-corrected chi connectivity index (χ0v) is 7.26. The van der Waals surface area contributed by atoms with Crippen LogP contribution in [-0.4, -0.2) is 17.2 Å². The highest BCUT2D eigenvalue weighted by Crippen LogP contribution is 2.10. The second kappa shape index (κ2) is 2.45. The van der Waals surface area contributed by atoms with Crippen LogP contribution in [0.2, 0.25) is 0 Å². The average molecular weight is 176 g/mol. The van der Waals surface area contributed by atoms with E-state index in [1.165, 1.54) is 21.8 Å². The summed E-state index contributed by atoms with van der Waals surface area (Å²) in [4.78, 5) is 17.0. The fraction of sp³-hybridized carbons (Fsp3) is 0.143. The first-order valence-corrected chi connectivity index (χ1v) is 4.24. The van der Waals surface area contributed by atoms with Crippen molar-refractivity contribution in [3.63, 3.8) is 0 Å². The molecular formula is C7H5BN2OS. The minimum atomic E-state index is -0.123. The van der Waals surface area contributed by atoms with Gasteiger partial charge in [-0.2, -0.15) is 0 Å². The Morgan fingerprint density at radius 2 is 2.42 bits per heavy atom. The van der Waals surface area contributed by atoms with Gasteiger partial charge in [-0.25, -0.2) is 4.98 Å². The molecule has 0 fully saturated rings. The fourth-order valence-corrected chi connectivity index (χ4v) is 1.87. The van der Waals surface area contributed by atoms with E-state index in [-0.39, 0.29) is 11.2 Å². The number of fused-ring (bicyclic) bond motifs is 1. The summed E-state index contributed by atoms with van der Waals surface area (Å²) in [6.07, 6.45) is 1.76. The van der Waals surface area contributed by atoms with Crippen LogP contribution in [0.5, 0.6) is 0 Å². The molecule has 0 aliphatic heterocycles. The second-order valence-corrected chi connectivity index (χ2v) is 3.73. The molecule has 0 amide bonds. The quantitative estimate of drug-likeness (QED) is 0.523. The van der Waals surface area contributed by atoms with Crippen LogP contribution in [0.3, 0.4) is 0 Å². The Hall–Kier alpha value is -1.10. The third kappa shape index (κ3) is 1.06. The summed E-state index contributed by atoms with van der Waals surface area (Å²) in [6.45, 7) is 1.93. The van der Waals surface area contributed by atoms with E-state index >= 15 is 0 Å². The molecule has 0 saturated heterocycles. The van der Waals surface area contributed by atoms with Gasteiger partial charge in [0.25, 0.3) is 5.56 Å². The third-order valence-electron chi connectivity index (χ3n) is 1.50. The van der Waals surface area contributed by atoms with Crippen molar-refractivity contribution < 1.29 is 0 Å². The van der Waals surface area contributed by atoms with Crippen molar-refractivity contribution in [2.75, 3.05) is 0 Å². The van der Waals surface area contributed by atoms with E-state index in [4.69, 9.17) is 7.85 Å². The lowest BCUT2D eigenvalue weighted by atomic mass is 10.1. The molecule has 3 nitrogen and oxygen atoms in total. The van der Waals surface area contributed by atoms with E-state index in [1.807, 2.05) is 6.92 Å². The maximum Gasteiger partial charge on any atom is 0.257 e. The molecule has 2 rings (SSSR count). The summed E-state index contributed by atoms with van der Waals surface area (Å²) in [5, 5.41) is 0. The van der Waals surface area contributed by atoms with E-state index in [9.17, 15) is 4.79 Å². The van der Waals surface area contributed by atoms with Crippen LogP contribution in [0.4, 0.5) is 0 Å². The number of hydrogen-bond acceptors (Lipinski definition) is 3. The third-order valence-corrected chi connectivity index (χ3v) is 2.40. The summed E-state index contributed by atoms with van der Waals surface area (Å²) in [7, 11) is 5.42. The first kappa shape index (κ1) is 7.55. The van der Waals surface area contributed by atoms with Gasteiger partial charge in [0.2, 0.25) is 0 Å². The molecule has 0 bridgehead atoms. The molecule has 2 radical (unpaired) electrons. The number of nitrogens with zero attached hydrogens (tertiary/aromatic N) is 2. The standard InChI is InChI=1S/C7H5BN2OS/c1-4-3-10-6(11)2-5(8)9-7(10)12-4/h2-3H,1H3. The molecular weight excluding hydrogens is 171 g/mol. The lowest BCUT2D eigenvalue weighted by molar-refractivity contribution is 1.08. The summed E-state index contributed by atoms with van der Waals surface area (Å²) in [6, 6.07) is 1.32. The predicted molar refractivity (Wildman–Crippen MR) is 49.5 cm³/mol. The maximum atomic E-state index is 11.3. The first-order valence-electron chi connectivity index (χ1n) is 3.42. The van der Waals surface area contributed by atoms with Gasteiger partial charge in [-0.05, 0) is 12.5 Å². The van der Waals surface area contributed by atoms with Gasteiger partial charge < -0.3 is 0 Å². The van der Waals surface area contributed by atoms with Crippen molar-refractivity contribution >= 4 is 29.7 Å². The van der Waals surface area contributed by atoms with Crippen LogP contribution >= 0.6 is 11.3 Å². The van der Waals surface area contributed by atoms with Crippen LogP contribution in [-0.2, 0) is 0 Å². The van der Waals surface area contributed by atoms with Crippen LogP contribution in [0, 0.1) is 6.92 Å². The highest BCUT2D eigenvalue weighted by atomic mass is 32.1. The Labute approximate surface area is 74.1 Å². The van der Waals surface area contributed by atoms with E-state index in [0.717, 1.165) is 4.88 Å². The number of aromatic nitrogens is 2. The zero-order chi connectivity index (χ0) is 8.72. The van der Waals surface area contributed by atoms with Crippen molar-refractivity contribution in [2.45, 2.75) is 6.92 Å². The molecule has 0 aliphatic rings. The summed E-state index contributed by atoms with van der Waals surface area (Å²) >= 11 is 1.45. The summed E-state index contributed by atoms with van der Waals surface area (Å²) < 4.78 is 1.50. The lowest BCUT2D eigenvalue weighted by Gasteiger charge is -1.91. The largest absolute Gasteiger partial charge is 0.269 e. The Balaban J connectivity index is 2.98. The average Bonchev–Trinajstić information content (AvgIpc) is 2.29. The Bertz CT molecular complexity index is 488. The molecule has 2 aromatic rings. The van der Waals surface area contributed by atoms with Crippen LogP contribution in [0.1, 0.15) is 4.88 Å². The van der Waals surface area contributed by atoms with Crippen LogP contribution in [0.15, 0.2) is 17.1 Å². The van der Waals surface area contributed by atoms with Crippen LogP contribution in [0.25, 0.3) is 4.96 Å². The molecule has 0 atom stereocenters. The molecule has 2 heterocycles. The lowest BCUT2D eigenvalue weighted by Crippen LogP contribution is -2.21. The monoisotopic (exact) mass is 176 g/mol. The molecule has 12 heavy (non-hydrogen) atoms. The fourth-order valence-electron chi connectivity index (χ4n) is 1.03. The Morgan fingerprint density at radius 3 is 3.17 bits per heavy atom. The van der Waals surface area contributed by atoms with E-state index in [0.29, 0.717) is 4.96 Å². The van der Waals surface area contributed by atoms with Gasteiger partial charge in [0.15, 0.2) is 4.96 Å². The molecule has 0 aromatic carbocycles. The minimum Gasteiger partial charge on any atom is -0.269 e. The number of rotatable bonds is 0. The molecule has 0 saturated carbocycles. The van der Waals surface area contributed by atoms with E-state index in [2.05, 4.69) is 4.98 Å². The van der Waals surface area contributed by atoms with Gasteiger partial charge in [-0.1, -0.05) is 0 Å². The van der Waals surface area contributed by atoms with Gasteiger partial charge in [0, 0.05) is 17.1 Å². The number of aryl methyl sites for hydroxylation is 1. The Kier molecular flexibility index (Phi) is 1.54. The van der Waals surface area contributed by atoms with Crippen molar-refractivity contribution in [3.05, 3.63) is 27.5 Å². The topological polar surface area (TPSA) is 34.4 Å². The molecule has 0 spiro atoms. The predicted octanol–water partition coefficient (Wildman–Crippen LogP) is -0.142. The highest BCUT2D eigenvalue weighted by molar-refractivity contribution is 7.16. The second-order valence-electron chi connectivity index (χ2n) is 2.51. The van der Waals surface area contributed by atoms with Gasteiger partial charge in [0.1, 0.15) is 7.85 Å². The summed E-state index contributed by atoms with van der Waals surface area (Å²) in [5.74, 6) is 0. The van der Waals surface area contributed by atoms with E-state index < -0.39 is 0 Å². The Morgan fingerprint density at radius 1 is 1.67 bits per heavy atom. The minimum absolute atomic E-state index is 0.123. The molecule has 2 aromatic heterocycles. The van der Waals surface area contributed by atoms with Gasteiger partial charge in [0.05, 0.1) is 0 Å². The van der Waals surface area contributed by atoms with Crippen LogP contribution < -0.4 is 11.2 Å². The van der Waals surface area contributed by atoms with Crippen molar-refractivity contribution in [3.8, 4) is 0 Å². The van der Waals surface area contributed by atoms with Crippen molar-refractivity contribution in [1.29, 1.82) is 0 Å². The first-order chi connectivity index (χ1) is 5.66. The normalized spacial score (nSPS) is 10.8. The smallest absolute Gasteiger partial charge is 0.257 e. The van der Waals surface area contributed by atoms with Crippen molar-refractivity contribution in [1.82, 2.24) is 9.38 Å². The number of hydrogen-bond donors (Lipinski definition) is 0. The number of thiazole rings is 1. The SMILES string of the molecule is [B]c1cc(=O)n2cc(C)sc2n1. The van der Waals surface area contributed by atoms with Gasteiger partial charge in [-0.15, -0.1) is 11.3 Å². The van der Waals surface area contributed by atoms with Crippen molar-refractivity contribution in [2.24, 2.45) is 0 Å². The zero-order valence-electron chi connectivity index (χ0n) is 6.44. The highest BCUT2D eigenvalue weighted by Gasteiger charge is 2.01. The van der Waals surface area contributed by atoms with Gasteiger partial charge >= 0.3 is 0 Å².